The lowest BCUT2D eigenvalue weighted by Crippen LogP contribution is -2.11. The zero-order chi connectivity index (χ0) is 18.6. The number of thioether (sulfide) groups is 1. The van der Waals surface area contributed by atoms with Crippen LogP contribution in [0.25, 0.3) is 0 Å². The molecule has 4 rings (SSSR count). The van der Waals surface area contributed by atoms with E-state index in [2.05, 4.69) is 5.32 Å². The highest BCUT2D eigenvalue weighted by atomic mass is 35.5. The lowest BCUT2D eigenvalue weighted by atomic mass is 10.1. The van der Waals surface area contributed by atoms with Gasteiger partial charge >= 0.3 is 0 Å². The molecule has 0 atom stereocenters. The van der Waals surface area contributed by atoms with Crippen molar-refractivity contribution in [3.05, 3.63) is 82.9 Å². The Bertz CT molecular complexity index is 958. The Morgan fingerprint density at radius 2 is 1.70 bits per heavy atom. The van der Waals surface area contributed by atoms with Gasteiger partial charge in [-0.05, 0) is 54.1 Å². The summed E-state index contributed by atoms with van der Waals surface area (Å²) in [6, 6.07) is 20.7. The number of benzene rings is 3. The minimum absolute atomic E-state index is 0.161. The molecule has 0 saturated carbocycles. The third-order valence-corrected chi connectivity index (χ3v) is 5.40. The number of fused-ring (bicyclic) bond motifs is 1. The summed E-state index contributed by atoms with van der Waals surface area (Å²) in [5.41, 5.74) is 2.43. The third-order valence-electron chi connectivity index (χ3n) is 4.07. The van der Waals surface area contributed by atoms with Crippen molar-refractivity contribution < 1.29 is 14.3 Å². The standard InChI is InChI=1S/C21H16ClNO3S/c22-16-5-8-18(9-6-16)27-12-14-1-3-15(4-2-14)21(24)23-17-7-10-19-20(11-17)26-13-25-19/h1-11H,12-13H2,(H,23,24). The Balaban J connectivity index is 1.36. The molecule has 136 valence electrons. The Hall–Kier alpha value is -2.63. The van der Waals surface area contributed by atoms with Crippen LogP contribution in [0.1, 0.15) is 15.9 Å². The van der Waals surface area contributed by atoms with Gasteiger partial charge in [0.2, 0.25) is 6.79 Å². The van der Waals surface area contributed by atoms with E-state index in [0.29, 0.717) is 22.7 Å². The second-order valence-electron chi connectivity index (χ2n) is 5.96. The molecule has 1 amide bonds. The predicted octanol–water partition coefficient (Wildman–Crippen LogP) is 5.61. The molecule has 1 aliphatic rings. The number of carbonyl (C=O) groups is 1. The molecule has 1 aliphatic heterocycles. The van der Waals surface area contributed by atoms with Gasteiger partial charge in [-0.1, -0.05) is 23.7 Å². The van der Waals surface area contributed by atoms with Gasteiger partial charge in [0.15, 0.2) is 11.5 Å². The number of carbonyl (C=O) groups excluding carboxylic acids is 1. The highest BCUT2D eigenvalue weighted by Crippen LogP contribution is 2.34. The smallest absolute Gasteiger partial charge is 0.255 e. The largest absolute Gasteiger partial charge is 0.454 e. The molecular formula is C21H16ClNO3S. The summed E-state index contributed by atoms with van der Waals surface area (Å²) in [4.78, 5) is 13.6. The van der Waals surface area contributed by atoms with Gasteiger partial charge in [0.1, 0.15) is 0 Å². The Kier molecular flexibility index (Phi) is 5.23. The number of nitrogens with one attached hydrogen (secondary N) is 1. The summed E-state index contributed by atoms with van der Waals surface area (Å²) in [6.45, 7) is 0.211. The van der Waals surface area contributed by atoms with E-state index in [4.69, 9.17) is 21.1 Å². The fourth-order valence-electron chi connectivity index (χ4n) is 2.63. The van der Waals surface area contributed by atoms with E-state index in [0.717, 1.165) is 21.2 Å². The van der Waals surface area contributed by atoms with E-state index in [-0.39, 0.29) is 12.7 Å². The molecule has 27 heavy (non-hydrogen) atoms. The van der Waals surface area contributed by atoms with Gasteiger partial charge in [0.25, 0.3) is 5.91 Å². The van der Waals surface area contributed by atoms with Gasteiger partial charge in [0, 0.05) is 33.0 Å². The molecular weight excluding hydrogens is 382 g/mol. The van der Waals surface area contributed by atoms with Crippen molar-refractivity contribution in [2.75, 3.05) is 12.1 Å². The van der Waals surface area contributed by atoms with Gasteiger partial charge in [-0.15, -0.1) is 11.8 Å². The monoisotopic (exact) mass is 397 g/mol. The molecule has 0 aliphatic carbocycles. The zero-order valence-electron chi connectivity index (χ0n) is 14.3. The van der Waals surface area contributed by atoms with Gasteiger partial charge in [0.05, 0.1) is 0 Å². The number of rotatable bonds is 5. The van der Waals surface area contributed by atoms with Crippen LogP contribution in [-0.2, 0) is 5.75 Å². The first-order chi connectivity index (χ1) is 13.2. The Morgan fingerprint density at radius 1 is 0.963 bits per heavy atom. The molecule has 0 fully saturated rings. The molecule has 6 heteroatoms. The maximum absolute atomic E-state index is 12.4. The minimum atomic E-state index is -0.161. The van der Waals surface area contributed by atoms with E-state index in [1.165, 1.54) is 0 Å². The average molecular weight is 398 g/mol. The quantitative estimate of drug-likeness (QED) is 0.568. The van der Waals surface area contributed by atoms with Gasteiger partial charge in [-0.25, -0.2) is 0 Å². The van der Waals surface area contributed by atoms with Crippen LogP contribution in [0.15, 0.2) is 71.6 Å². The van der Waals surface area contributed by atoms with Crippen LogP contribution in [0.2, 0.25) is 5.02 Å². The second-order valence-corrected chi connectivity index (χ2v) is 7.45. The summed E-state index contributed by atoms with van der Waals surface area (Å²) >= 11 is 7.63. The molecule has 0 aromatic heterocycles. The summed E-state index contributed by atoms with van der Waals surface area (Å²) in [6.07, 6.45) is 0. The summed E-state index contributed by atoms with van der Waals surface area (Å²) in [5, 5.41) is 3.61. The van der Waals surface area contributed by atoms with E-state index in [1.807, 2.05) is 48.5 Å². The highest BCUT2D eigenvalue weighted by molar-refractivity contribution is 7.98. The van der Waals surface area contributed by atoms with Crippen molar-refractivity contribution >= 4 is 35.0 Å². The fraction of sp³-hybridized carbons (Fsp3) is 0.0952. The van der Waals surface area contributed by atoms with Crippen molar-refractivity contribution in [1.29, 1.82) is 0 Å². The molecule has 3 aromatic carbocycles. The maximum Gasteiger partial charge on any atom is 0.255 e. The van der Waals surface area contributed by atoms with Crippen molar-refractivity contribution in [3.8, 4) is 11.5 Å². The highest BCUT2D eigenvalue weighted by Gasteiger charge is 2.14. The predicted molar refractivity (Wildman–Crippen MR) is 108 cm³/mol. The molecule has 0 unspecified atom stereocenters. The Morgan fingerprint density at radius 3 is 2.48 bits per heavy atom. The number of hydrogen-bond acceptors (Lipinski definition) is 4. The number of anilines is 1. The molecule has 4 nitrogen and oxygen atoms in total. The first kappa shape index (κ1) is 17.8. The number of hydrogen-bond donors (Lipinski definition) is 1. The SMILES string of the molecule is O=C(Nc1ccc2c(c1)OCO2)c1ccc(CSc2ccc(Cl)cc2)cc1. The number of ether oxygens (including phenoxy) is 2. The number of halogens is 1. The summed E-state index contributed by atoms with van der Waals surface area (Å²) in [7, 11) is 0. The Labute approximate surface area is 166 Å². The van der Waals surface area contributed by atoms with Crippen molar-refractivity contribution in [2.45, 2.75) is 10.6 Å². The zero-order valence-corrected chi connectivity index (χ0v) is 15.8. The first-order valence-electron chi connectivity index (χ1n) is 8.36. The first-order valence-corrected chi connectivity index (χ1v) is 9.72. The third kappa shape index (κ3) is 4.38. The second kappa shape index (κ2) is 7.94. The lowest BCUT2D eigenvalue weighted by molar-refractivity contribution is 0.102. The summed E-state index contributed by atoms with van der Waals surface area (Å²) < 4.78 is 10.6. The van der Waals surface area contributed by atoms with E-state index >= 15 is 0 Å². The summed E-state index contributed by atoms with van der Waals surface area (Å²) in [5.74, 6) is 2.00. The normalized spacial score (nSPS) is 12.0. The van der Waals surface area contributed by atoms with Crippen LogP contribution in [0, 0.1) is 0 Å². The van der Waals surface area contributed by atoms with Crippen LogP contribution in [0.4, 0.5) is 5.69 Å². The van der Waals surface area contributed by atoms with Crippen LogP contribution in [-0.4, -0.2) is 12.7 Å². The van der Waals surface area contributed by atoms with Crippen molar-refractivity contribution in [1.82, 2.24) is 0 Å². The van der Waals surface area contributed by atoms with E-state index in [1.54, 1.807) is 30.0 Å². The molecule has 1 N–H and O–H groups in total. The van der Waals surface area contributed by atoms with Crippen LogP contribution in [0.3, 0.4) is 0 Å². The van der Waals surface area contributed by atoms with Gasteiger partial charge in [-0.3, -0.25) is 4.79 Å². The molecule has 0 saturated heterocycles. The lowest BCUT2D eigenvalue weighted by Gasteiger charge is -2.07. The number of amides is 1. The van der Waals surface area contributed by atoms with Crippen LogP contribution in [0.5, 0.6) is 11.5 Å². The minimum Gasteiger partial charge on any atom is -0.454 e. The maximum atomic E-state index is 12.4. The van der Waals surface area contributed by atoms with Crippen molar-refractivity contribution in [2.24, 2.45) is 0 Å². The topological polar surface area (TPSA) is 47.6 Å². The van der Waals surface area contributed by atoms with Crippen LogP contribution < -0.4 is 14.8 Å². The molecule has 0 radical (unpaired) electrons. The average Bonchev–Trinajstić information content (AvgIpc) is 3.16. The van der Waals surface area contributed by atoms with Crippen LogP contribution >= 0.6 is 23.4 Å². The molecule has 3 aromatic rings. The fourth-order valence-corrected chi connectivity index (χ4v) is 3.61. The molecule has 0 spiro atoms. The van der Waals surface area contributed by atoms with Crippen molar-refractivity contribution in [3.63, 3.8) is 0 Å². The molecule has 0 bridgehead atoms. The molecule has 1 heterocycles. The van der Waals surface area contributed by atoms with E-state index < -0.39 is 0 Å². The van der Waals surface area contributed by atoms with E-state index in [9.17, 15) is 4.79 Å². The van der Waals surface area contributed by atoms with Gasteiger partial charge < -0.3 is 14.8 Å². The van der Waals surface area contributed by atoms with Gasteiger partial charge in [-0.2, -0.15) is 0 Å².